The van der Waals surface area contributed by atoms with Gasteiger partial charge >= 0.3 is 11.9 Å². The first-order chi connectivity index (χ1) is 16.5. The van der Waals surface area contributed by atoms with Crippen LogP contribution in [0.2, 0.25) is 5.02 Å². The number of rotatable bonds is 6. The number of esters is 1. The summed E-state index contributed by atoms with van der Waals surface area (Å²) in [4.78, 5) is 34.0. The van der Waals surface area contributed by atoms with Gasteiger partial charge in [-0.1, -0.05) is 11.6 Å². The third kappa shape index (κ3) is 5.02. The fourth-order valence-corrected chi connectivity index (χ4v) is 4.83. The number of nitrogens with zero attached hydrogens (tertiary/aromatic N) is 3. The SMILES string of the molecule is COC(=O)C1=C(CN2CC(F)(F)C[C@H]2C(=O)O)NC(c2nccs2)=N[C@H]1c1cc(F)c(F)cc1Cl. The number of nitrogens with one attached hydrogen (secondary N) is 1. The van der Waals surface area contributed by atoms with Crippen LogP contribution in [-0.2, 0) is 14.3 Å². The van der Waals surface area contributed by atoms with Crippen molar-refractivity contribution < 1.29 is 37.0 Å². The Balaban J connectivity index is 1.86. The summed E-state index contributed by atoms with van der Waals surface area (Å²) in [6.07, 6.45) is 0.569. The molecule has 0 saturated carbocycles. The molecular weight excluding hydrogens is 516 g/mol. The summed E-state index contributed by atoms with van der Waals surface area (Å²) in [6, 6.07) is -1.35. The van der Waals surface area contributed by atoms with Gasteiger partial charge in [-0.15, -0.1) is 11.3 Å². The van der Waals surface area contributed by atoms with Crippen LogP contribution in [0.3, 0.4) is 0 Å². The van der Waals surface area contributed by atoms with E-state index in [2.05, 4.69) is 15.3 Å². The molecule has 2 aromatic rings. The lowest BCUT2D eigenvalue weighted by Gasteiger charge is -2.30. The molecule has 35 heavy (non-hydrogen) atoms. The lowest BCUT2D eigenvalue weighted by Crippen LogP contribution is -2.43. The zero-order valence-corrected chi connectivity index (χ0v) is 19.5. The van der Waals surface area contributed by atoms with Crippen LogP contribution >= 0.6 is 22.9 Å². The van der Waals surface area contributed by atoms with Crippen molar-refractivity contribution in [3.05, 3.63) is 62.2 Å². The standard InChI is InChI=1S/C21H17ClF4N4O4S/c1-34-20(33)15-13(7-30-8-21(25,26)6-14(30)19(31)32)28-17(18-27-2-3-35-18)29-16(15)9-4-11(23)12(24)5-10(9)22/h2-5,14,16H,6-8H2,1H3,(H,28,29)(H,31,32)/t14-,16-/m0/s1. The summed E-state index contributed by atoms with van der Waals surface area (Å²) in [5.74, 6) is -8.02. The number of thiazole rings is 1. The van der Waals surface area contributed by atoms with Gasteiger partial charge in [0, 0.05) is 40.8 Å². The van der Waals surface area contributed by atoms with Crippen LogP contribution in [-0.4, -0.2) is 64.9 Å². The molecule has 14 heteroatoms. The largest absolute Gasteiger partial charge is 0.480 e. The Labute approximate surface area is 204 Å². The van der Waals surface area contributed by atoms with E-state index in [4.69, 9.17) is 16.3 Å². The Kier molecular flexibility index (Phi) is 6.84. The van der Waals surface area contributed by atoms with E-state index in [0.717, 1.165) is 35.5 Å². The molecule has 2 atom stereocenters. The molecule has 0 spiro atoms. The summed E-state index contributed by atoms with van der Waals surface area (Å²) in [7, 11) is 1.07. The quantitative estimate of drug-likeness (QED) is 0.334. The monoisotopic (exact) mass is 532 g/mol. The topological polar surface area (TPSA) is 104 Å². The number of aliphatic carboxylic acids is 1. The van der Waals surface area contributed by atoms with Gasteiger partial charge in [0.2, 0.25) is 0 Å². The first-order valence-electron chi connectivity index (χ1n) is 10.1. The number of methoxy groups -OCH3 is 1. The van der Waals surface area contributed by atoms with Gasteiger partial charge in [0.05, 0.1) is 19.2 Å². The van der Waals surface area contributed by atoms with Crippen molar-refractivity contribution >= 4 is 40.7 Å². The van der Waals surface area contributed by atoms with E-state index in [1.807, 2.05) is 0 Å². The van der Waals surface area contributed by atoms with Crippen LogP contribution in [0.25, 0.3) is 0 Å². The maximum Gasteiger partial charge on any atom is 0.338 e. The molecule has 1 aromatic carbocycles. The van der Waals surface area contributed by atoms with Crippen LogP contribution in [0.4, 0.5) is 17.6 Å². The van der Waals surface area contributed by atoms with E-state index in [1.165, 1.54) is 6.20 Å². The number of carbonyl (C=O) groups is 2. The van der Waals surface area contributed by atoms with E-state index < -0.39 is 61.1 Å². The van der Waals surface area contributed by atoms with Gasteiger partial charge in [0.25, 0.3) is 5.92 Å². The van der Waals surface area contributed by atoms with E-state index >= 15 is 0 Å². The number of carboxylic acids is 1. The Hall–Kier alpha value is -3.03. The predicted octanol–water partition coefficient (Wildman–Crippen LogP) is 3.39. The molecule has 0 aliphatic carbocycles. The molecule has 2 aliphatic heterocycles. The van der Waals surface area contributed by atoms with Crippen molar-refractivity contribution in [3.63, 3.8) is 0 Å². The highest BCUT2D eigenvalue weighted by Crippen LogP contribution is 2.39. The number of hydrogen-bond acceptors (Lipinski definition) is 8. The highest BCUT2D eigenvalue weighted by molar-refractivity contribution is 7.11. The predicted molar refractivity (Wildman–Crippen MR) is 117 cm³/mol. The highest BCUT2D eigenvalue weighted by atomic mass is 35.5. The van der Waals surface area contributed by atoms with Crippen molar-refractivity contribution in [2.75, 3.05) is 20.2 Å². The van der Waals surface area contributed by atoms with Crippen LogP contribution in [0.1, 0.15) is 23.0 Å². The van der Waals surface area contributed by atoms with Gasteiger partial charge in [0.1, 0.15) is 12.1 Å². The number of carboxylic acid groups (broad SMARTS) is 1. The normalized spacial score (nSPS) is 22.1. The third-order valence-corrected chi connectivity index (χ3v) is 6.62. The molecule has 1 fully saturated rings. The Bertz CT molecular complexity index is 1240. The van der Waals surface area contributed by atoms with E-state index in [0.29, 0.717) is 5.01 Å². The molecule has 0 unspecified atom stereocenters. The molecule has 1 aromatic heterocycles. The van der Waals surface area contributed by atoms with Crippen LogP contribution in [0.15, 0.2) is 40.0 Å². The number of aromatic nitrogens is 1. The Morgan fingerprint density at radius 3 is 2.69 bits per heavy atom. The second-order valence-corrected chi connectivity index (χ2v) is 9.13. The number of likely N-dealkylation sites (tertiary alicyclic amines) is 1. The van der Waals surface area contributed by atoms with Crippen molar-refractivity contribution in [3.8, 4) is 0 Å². The number of ether oxygens (including phenoxy) is 1. The summed E-state index contributed by atoms with van der Waals surface area (Å²) >= 11 is 7.33. The zero-order chi connectivity index (χ0) is 25.5. The van der Waals surface area contributed by atoms with Crippen molar-refractivity contribution in [1.82, 2.24) is 15.2 Å². The minimum Gasteiger partial charge on any atom is -0.480 e. The number of amidine groups is 1. The van der Waals surface area contributed by atoms with Gasteiger partial charge in [-0.2, -0.15) is 0 Å². The van der Waals surface area contributed by atoms with Gasteiger partial charge in [-0.25, -0.2) is 27.3 Å². The van der Waals surface area contributed by atoms with Gasteiger partial charge in [-0.05, 0) is 12.1 Å². The summed E-state index contributed by atoms with van der Waals surface area (Å²) < 4.78 is 60.9. The molecule has 2 N–H and O–H groups in total. The first-order valence-corrected chi connectivity index (χ1v) is 11.3. The van der Waals surface area contributed by atoms with E-state index in [-0.39, 0.29) is 27.7 Å². The average molecular weight is 533 g/mol. The number of benzene rings is 1. The van der Waals surface area contributed by atoms with Gasteiger partial charge in [-0.3, -0.25) is 14.7 Å². The van der Waals surface area contributed by atoms with E-state index in [9.17, 15) is 32.3 Å². The minimum atomic E-state index is -3.27. The Morgan fingerprint density at radius 1 is 1.34 bits per heavy atom. The average Bonchev–Trinajstić information content (AvgIpc) is 3.43. The summed E-state index contributed by atoms with van der Waals surface area (Å²) in [6.45, 7) is -1.30. The van der Waals surface area contributed by atoms with Crippen molar-refractivity contribution in [2.24, 2.45) is 4.99 Å². The zero-order valence-electron chi connectivity index (χ0n) is 17.9. The molecule has 4 rings (SSSR count). The van der Waals surface area contributed by atoms with Crippen LogP contribution < -0.4 is 5.32 Å². The van der Waals surface area contributed by atoms with Crippen molar-refractivity contribution in [1.29, 1.82) is 0 Å². The molecular formula is C21H17ClF4N4O4S. The van der Waals surface area contributed by atoms with Gasteiger partial charge < -0.3 is 15.2 Å². The number of carbonyl (C=O) groups excluding carboxylic acids is 1. The molecule has 186 valence electrons. The maximum atomic E-state index is 14.1. The highest BCUT2D eigenvalue weighted by Gasteiger charge is 2.49. The third-order valence-electron chi connectivity index (χ3n) is 5.51. The smallest absolute Gasteiger partial charge is 0.338 e. The van der Waals surface area contributed by atoms with Gasteiger partial charge in [0.15, 0.2) is 22.5 Å². The summed E-state index contributed by atoms with van der Waals surface area (Å²) in [5.41, 5.74) is -0.313. The van der Waals surface area contributed by atoms with Crippen LogP contribution in [0, 0.1) is 11.6 Å². The summed E-state index contributed by atoms with van der Waals surface area (Å²) in [5, 5.41) is 14.1. The first kappa shape index (κ1) is 25.1. The van der Waals surface area contributed by atoms with E-state index in [1.54, 1.807) is 5.38 Å². The Morgan fingerprint density at radius 2 is 2.06 bits per heavy atom. The van der Waals surface area contributed by atoms with Crippen LogP contribution in [0.5, 0.6) is 0 Å². The number of hydrogen-bond donors (Lipinski definition) is 2. The molecule has 3 heterocycles. The fourth-order valence-electron chi connectivity index (χ4n) is 3.99. The minimum absolute atomic E-state index is 0.00759. The second-order valence-electron chi connectivity index (χ2n) is 7.83. The number of aliphatic imine (C=N–C) groups is 1. The molecule has 0 bridgehead atoms. The molecule has 0 amide bonds. The number of alkyl halides is 2. The lowest BCUT2D eigenvalue weighted by atomic mass is 9.95. The fraction of sp³-hybridized carbons (Fsp3) is 0.333. The molecule has 0 radical (unpaired) electrons. The van der Waals surface area contributed by atoms with Crippen molar-refractivity contribution in [2.45, 2.75) is 24.4 Å². The molecule has 2 aliphatic rings. The molecule has 1 saturated heterocycles. The number of halogens is 5. The second kappa shape index (κ2) is 9.55. The molecule has 8 nitrogen and oxygen atoms in total. The lowest BCUT2D eigenvalue weighted by molar-refractivity contribution is -0.142. The maximum absolute atomic E-state index is 14.1.